The number of pyridine rings is 1. The van der Waals surface area contributed by atoms with E-state index in [1.165, 1.54) is 0 Å². The van der Waals surface area contributed by atoms with Crippen molar-refractivity contribution in [3.05, 3.63) is 21.0 Å². The molecule has 1 amide bonds. The van der Waals surface area contributed by atoms with Gasteiger partial charge in [0, 0.05) is 16.4 Å². The molecule has 0 aliphatic heterocycles. The number of carbonyl (C=O) groups is 1. The highest BCUT2D eigenvalue weighted by molar-refractivity contribution is 14.1. The Morgan fingerprint density at radius 3 is 3.12 bits per heavy atom. The van der Waals surface area contributed by atoms with Crippen LogP contribution in [0.3, 0.4) is 0 Å². The zero-order chi connectivity index (χ0) is 12.7. The van der Waals surface area contributed by atoms with Crippen LogP contribution in [0, 0.1) is 3.57 Å². The Balaban J connectivity index is 2.42. The first-order valence-corrected chi connectivity index (χ1v) is 6.77. The highest BCUT2D eigenvalue weighted by Gasteiger charge is 2.07. The lowest BCUT2D eigenvalue weighted by atomic mass is 10.4. The Labute approximate surface area is 119 Å². The van der Waals surface area contributed by atoms with E-state index >= 15 is 0 Å². The van der Waals surface area contributed by atoms with Gasteiger partial charge in [-0.05, 0) is 35.1 Å². The molecule has 0 saturated heterocycles. The lowest BCUT2D eigenvalue weighted by molar-refractivity contribution is -0.120. The van der Waals surface area contributed by atoms with Gasteiger partial charge in [-0.3, -0.25) is 4.79 Å². The largest absolute Gasteiger partial charge is 0.372 e. The molecule has 94 valence electrons. The van der Waals surface area contributed by atoms with Crippen molar-refractivity contribution in [1.29, 1.82) is 0 Å². The fourth-order valence-corrected chi connectivity index (χ4v) is 1.71. The van der Waals surface area contributed by atoms with Crippen LogP contribution in [-0.4, -0.2) is 24.1 Å². The molecule has 0 bridgehead atoms. The third-order valence-electron chi connectivity index (χ3n) is 1.96. The van der Waals surface area contributed by atoms with Crippen LogP contribution >= 0.6 is 34.2 Å². The second-order valence-electron chi connectivity index (χ2n) is 3.45. The molecule has 0 spiro atoms. The van der Waals surface area contributed by atoms with Gasteiger partial charge in [-0.2, -0.15) is 0 Å². The zero-order valence-electron chi connectivity index (χ0n) is 9.50. The lowest BCUT2D eigenvalue weighted by Gasteiger charge is -2.07. The van der Waals surface area contributed by atoms with Crippen molar-refractivity contribution in [2.45, 2.75) is 19.8 Å². The number of ether oxygens (including phenoxy) is 1. The monoisotopic (exact) mass is 368 g/mol. The smallest absolute Gasteiger partial charge is 0.250 e. The highest BCUT2D eigenvalue weighted by atomic mass is 127. The molecule has 1 rings (SSSR count). The van der Waals surface area contributed by atoms with Gasteiger partial charge in [-0.1, -0.05) is 24.9 Å². The summed E-state index contributed by atoms with van der Waals surface area (Å²) in [5, 5.41) is 2.95. The van der Waals surface area contributed by atoms with Crippen molar-refractivity contribution in [2.75, 3.05) is 18.5 Å². The summed E-state index contributed by atoms with van der Waals surface area (Å²) in [6, 6.07) is 1.76. The van der Waals surface area contributed by atoms with Crippen molar-refractivity contribution in [2.24, 2.45) is 0 Å². The van der Waals surface area contributed by atoms with E-state index in [2.05, 4.69) is 39.8 Å². The van der Waals surface area contributed by atoms with Gasteiger partial charge in [0.2, 0.25) is 5.91 Å². The molecule has 0 radical (unpaired) electrons. The van der Waals surface area contributed by atoms with Crippen molar-refractivity contribution in [3.8, 4) is 0 Å². The van der Waals surface area contributed by atoms with Gasteiger partial charge in [0.1, 0.15) is 6.61 Å². The predicted octanol–water partition coefficient (Wildman–Crippen LogP) is 3.09. The average Bonchev–Trinajstić information content (AvgIpc) is 2.29. The van der Waals surface area contributed by atoms with Crippen molar-refractivity contribution >= 4 is 45.8 Å². The summed E-state index contributed by atoms with van der Waals surface area (Å²) in [6.45, 7) is 2.71. The van der Waals surface area contributed by atoms with Crippen LogP contribution in [0.15, 0.2) is 12.3 Å². The number of hydrogen-bond donors (Lipinski definition) is 1. The number of hydrogen-bond acceptors (Lipinski definition) is 3. The van der Waals surface area contributed by atoms with Crippen LogP contribution in [0.2, 0.25) is 5.15 Å². The first-order chi connectivity index (χ1) is 8.13. The number of rotatable bonds is 6. The molecule has 6 heteroatoms. The van der Waals surface area contributed by atoms with Gasteiger partial charge in [0.15, 0.2) is 5.15 Å². The second-order valence-corrected chi connectivity index (χ2v) is 5.05. The molecule has 0 atom stereocenters. The summed E-state index contributed by atoms with van der Waals surface area (Å²) in [5.41, 5.74) is 0.516. The SMILES string of the molecule is CCCCOCC(=O)Nc1cc(I)cnc1Cl. The molecular weight excluding hydrogens is 354 g/mol. The summed E-state index contributed by atoms with van der Waals surface area (Å²) in [6.07, 6.45) is 3.64. The number of aromatic nitrogens is 1. The van der Waals surface area contributed by atoms with Gasteiger partial charge in [0.25, 0.3) is 0 Å². The zero-order valence-corrected chi connectivity index (χ0v) is 12.4. The van der Waals surface area contributed by atoms with E-state index in [-0.39, 0.29) is 17.7 Å². The van der Waals surface area contributed by atoms with E-state index in [4.69, 9.17) is 16.3 Å². The Morgan fingerprint density at radius 2 is 2.41 bits per heavy atom. The summed E-state index contributed by atoms with van der Waals surface area (Å²) in [4.78, 5) is 15.5. The fraction of sp³-hybridized carbons (Fsp3) is 0.455. The van der Waals surface area contributed by atoms with Gasteiger partial charge in [0.05, 0.1) is 5.69 Å². The Hall–Kier alpha value is -0.400. The van der Waals surface area contributed by atoms with Crippen LogP contribution in [0.5, 0.6) is 0 Å². The van der Waals surface area contributed by atoms with Crippen LogP contribution in [0.1, 0.15) is 19.8 Å². The van der Waals surface area contributed by atoms with E-state index in [0.717, 1.165) is 16.4 Å². The topological polar surface area (TPSA) is 51.2 Å². The van der Waals surface area contributed by atoms with Gasteiger partial charge in [-0.15, -0.1) is 0 Å². The van der Waals surface area contributed by atoms with Gasteiger partial charge in [-0.25, -0.2) is 4.98 Å². The van der Waals surface area contributed by atoms with Crippen LogP contribution < -0.4 is 5.32 Å². The number of amides is 1. The average molecular weight is 369 g/mol. The quantitative estimate of drug-likeness (QED) is 0.477. The lowest BCUT2D eigenvalue weighted by Crippen LogP contribution is -2.19. The number of anilines is 1. The van der Waals surface area contributed by atoms with Crippen LogP contribution in [0.25, 0.3) is 0 Å². The minimum atomic E-state index is -0.216. The molecule has 0 fully saturated rings. The van der Waals surface area contributed by atoms with E-state index in [1.807, 2.05) is 0 Å². The number of unbranched alkanes of at least 4 members (excludes halogenated alkanes) is 1. The molecule has 1 aromatic heterocycles. The Bertz CT molecular complexity index is 388. The number of halogens is 2. The van der Waals surface area contributed by atoms with Crippen molar-refractivity contribution in [3.63, 3.8) is 0 Å². The molecule has 0 saturated carbocycles. The first kappa shape index (κ1) is 14.7. The molecule has 0 aromatic carbocycles. The standard InChI is InChI=1S/C11H14ClIN2O2/c1-2-3-4-17-7-10(16)15-9-5-8(13)6-14-11(9)12/h5-6H,2-4,7H2,1H3,(H,15,16). The molecule has 0 aliphatic carbocycles. The van der Waals surface area contributed by atoms with Gasteiger partial charge < -0.3 is 10.1 Å². The summed E-state index contributed by atoms with van der Waals surface area (Å²) < 4.78 is 6.11. The molecule has 1 N–H and O–H groups in total. The summed E-state index contributed by atoms with van der Waals surface area (Å²) >= 11 is 7.96. The molecule has 1 heterocycles. The predicted molar refractivity (Wildman–Crippen MR) is 76.3 cm³/mol. The number of nitrogens with one attached hydrogen (secondary N) is 1. The minimum Gasteiger partial charge on any atom is -0.372 e. The number of carbonyl (C=O) groups excluding carboxylic acids is 1. The normalized spacial score (nSPS) is 10.3. The minimum absolute atomic E-state index is 0.0435. The highest BCUT2D eigenvalue weighted by Crippen LogP contribution is 2.20. The Kier molecular flexibility index (Phi) is 6.76. The molecule has 1 aromatic rings. The maximum atomic E-state index is 11.5. The van der Waals surface area contributed by atoms with E-state index in [9.17, 15) is 4.79 Å². The second kappa shape index (κ2) is 7.84. The van der Waals surface area contributed by atoms with E-state index < -0.39 is 0 Å². The summed E-state index contributed by atoms with van der Waals surface area (Å²) in [7, 11) is 0. The molecule has 4 nitrogen and oxygen atoms in total. The van der Waals surface area contributed by atoms with Crippen molar-refractivity contribution in [1.82, 2.24) is 4.98 Å². The van der Waals surface area contributed by atoms with E-state index in [0.29, 0.717) is 12.3 Å². The van der Waals surface area contributed by atoms with Crippen molar-refractivity contribution < 1.29 is 9.53 Å². The maximum Gasteiger partial charge on any atom is 0.250 e. The molecular formula is C11H14ClIN2O2. The van der Waals surface area contributed by atoms with Crippen LogP contribution in [0.4, 0.5) is 5.69 Å². The number of nitrogens with zero attached hydrogens (tertiary/aromatic N) is 1. The fourth-order valence-electron chi connectivity index (χ4n) is 1.11. The Morgan fingerprint density at radius 1 is 1.65 bits per heavy atom. The van der Waals surface area contributed by atoms with Gasteiger partial charge >= 0.3 is 0 Å². The molecule has 0 aliphatic rings. The molecule has 0 unspecified atom stereocenters. The first-order valence-electron chi connectivity index (χ1n) is 5.32. The van der Waals surface area contributed by atoms with E-state index in [1.54, 1.807) is 12.3 Å². The third-order valence-corrected chi connectivity index (χ3v) is 2.85. The molecule has 17 heavy (non-hydrogen) atoms. The summed E-state index contributed by atoms with van der Waals surface area (Å²) in [5.74, 6) is -0.216. The maximum absolute atomic E-state index is 11.5. The third kappa shape index (κ3) is 5.65. The van der Waals surface area contributed by atoms with Crippen LogP contribution in [-0.2, 0) is 9.53 Å².